The summed E-state index contributed by atoms with van der Waals surface area (Å²) in [5, 5.41) is 7.90. The molecule has 3 nitrogen and oxygen atoms in total. The zero-order chi connectivity index (χ0) is 10.7. The summed E-state index contributed by atoms with van der Waals surface area (Å²) in [6.07, 6.45) is 9.39. The highest BCUT2D eigenvalue weighted by Gasteiger charge is 2.30. The fourth-order valence-electron chi connectivity index (χ4n) is 2.06. The van der Waals surface area contributed by atoms with Crippen molar-refractivity contribution >= 4 is 5.69 Å². The minimum atomic E-state index is 0.671. The first-order chi connectivity index (χ1) is 7.33. The predicted octanol–water partition coefficient (Wildman–Crippen LogP) is 2.89. The van der Waals surface area contributed by atoms with Crippen LogP contribution in [0, 0.1) is 5.92 Å². The number of hydrogen-bond donors (Lipinski definition) is 1. The minimum absolute atomic E-state index is 0.671. The van der Waals surface area contributed by atoms with E-state index in [1.165, 1.54) is 31.4 Å². The Hall–Kier alpha value is -0.990. The smallest absolute Gasteiger partial charge is 0.0728 e. The molecule has 0 saturated heterocycles. The molecule has 1 heterocycles. The lowest BCUT2D eigenvalue weighted by molar-refractivity contribution is 0.577. The maximum absolute atomic E-state index is 4.28. The van der Waals surface area contributed by atoms with Crippen molar-refractivity contribution in [2.75, 3.05) is 5.32 Å². The molecular formula is C12H21N3. The quantitative estimate of drug-likeness (QED) is 0.777. The Balaban J connectivity index is 1.92. The fourth-order valence-corrected chi connectivity index (χ4v) is 2.06. The first-order valence-corrected chi connectivity index (χ1v) is 6.12. The molecule has 15 heavy (non-hydrogen) atoms. The van der Waals surface area contributed by atoms with Gasteiger partial charge in [-0.15, -0.1) is 0 Å². The van der Waals surface area contributed by atoms with Crippen molar-refractivity contribution in [1.82, 2.24) is 9.78 Å². The summed E-state index contributed by atoms with van der Waals surface area (Å²) in [6.45, 7) is 5.32. The maximum Gasteiger partial charge on any atom is 0.0728 e. The average molecular weight is 207 g/mol. The van der Waals surface area contributed by atoms with Gasteiger partial charge in [0.25, 0.3) is 0 Å². The molecule has 0 amide bonds. The number of nitrogens with one attached hydrogen (secondary N) is 1. The molecule has 1 aliphatic carbocycles. The Morgan fingerprint density at radius 1 is 1.53 bits per heavy atom. The van der Waals surface area contributed by atoms with Gasteiger partial charge in [0.05, 0.1) is 11.9 Å². The molecule has 1 N–H and O–H groups in total. The molecule has 84 valence electrons. The van der Waals surface area contributed by atoms with Gasteiger partial charge in [-0.05, 0) is 32.1 Å². The molecule has 0 aromatic carbocycles. The van der Waals surface area contributed by atoms with Crippen molar-refractivity contribution in [2.24, 2.45) is 5.92 Å². The summed E-state index contributed by atoms with van der Waals surface area (Å²) in [7, 11) is 0. The van der Waals surface area contributed by atoms with Crippen LogP contribution in [0.25, 0.3) is 0 Å². The molecule has 2 rings (SSSR count). The third kappa shape index (κ3) is 2.74. The van der Waals surface area contributed by atoms with Gasteiger partial charge >= 0.3 is 0 Å². The monoisotopic (exact) mass is 207 g/mol. The molecule has 1 aromatic heterocycles. The van der Waals surface area contributed by atoms with Crippen molar-refractivity contribution < 1.29 is 0 Å². The Morgan fingerprint density at radius 2 is 2.33 bits per heavy atom. The van der Waals surface area contributed by atoms with Gasteiger partial charge in [0, 0.05) is 18.8 Å². The molecule has 0 spiro atoms. The van der Waals surface area contributed by atoms with Gasteiger partial charge in [0.1, 0.15) is 0 Å². The maximum atomic E-state index is 4.28. The molecule has 0 bridgehead atoms. The first-order valence-electron chi connectivity index (χ1n) is 6.12. The third-order valence-electron chi connectivity index (χ3n) is 3.10. The molecular weight excluding hydrogens is 186 g/mol. The number of aryl methyl sites for hydroxylation is 1. The molecule has 1 aromatic rings. The average Bonchev–Trinajstić information content (AvgIpc) is 2.99. The van der Waals surface area contributed by atoms with Crippen LogP contribution in [0.2, 0.25) is 0 Å². The van der Waals surface area contributed by atoms with Crippen LogP contribution in [0.1, 0.15) is 39.5 Å². The van der Waals surface area contributed by atoms with E-state index >= 15 is 0 Å². The summed E-state index contributed by atoms with van der Waals surface area (Å²) in [4.78, 5) is 0. The van der Waals surface area contributed by atoms with E-state index in [9.17, 15) is 0 Å². The van der Waals surface area contributed by atoms with Crippen LogP contribution in [0.5, 0.6) is 0 Å². The van der Waals surface area contributed by atoms with Crippen LogP contribution in [-0.4, -0.2) is 15.8 Å². The second kappa shape index (κ2) is 4.69. The SMILES string of the molecule is CCCC(Nc1cnn(CC)c1)C1CC1. The highest BCUT2D eigenvalue weighted by atomic mass is 15.3. The summed E-state index contributed by atoms with van der Waals surface area (Å²) in [6, 6.07) is 0.671. The van der Waals surface area contributed by atoms with E-state index < -0.39 is 0 Å². The summed E-state index contributed by atoms with van der Waals surface area (Å²) < 4.78 is 1.97. The highest BCUT2D eigenvalue weighted by molar-refractivity contribution is 5.39. The van der Waals surface area contributed by atoms with Gasteiger partial charge in [-0.2, -0.15) is 5.10 Å². The van der Waals surface area contributed by atoms with Gasteiger partial charge < -0.3 is 5.32 Å². The topological polar surface area (TPSA) is 29.9 Å². The first kappa shape index (κ1) is 10.5. The Morgan fingerprint density at radius 3 is 2.87 bits per heavy atom. The van der Waals surface area contributed by atoms with Crippen molar-refractivity contribution in [2.45, 2.75) is 52.1 Å². The molecule has 3 heteroatoms. The molecule has 1 aliphatic rings. The van der Waals surface area contributed by atoms with Crippen molar-refractivity contribution in [3.05, 3.63) is 12.4 Å². The van der Waals surface area contributed by atoms with Crippen molar-refractivity contribution in [1.29, 1.82) is 0 Å². The van der Waals surface area contributed by atoms with Gasteiger partial charge in [-0.1, -0.05) is 13.3 Å². The zero-order valence-corrected chi connectivity index (χ0v) is 9.74. The zero-order valence-electron chi connectivity index (χ0n) is 9.74. The lowest BCUT2D eigenvalue weighted by atomic mass is 10.1. The normalized spacial score (nSPS) is 17.7. The fraction of sp³-hybridized carbons (Fsp3) is 0.750. The molecule has 1 unspecified atom stereocenters. The van der Waals surface area contributed by atoms with E-state index in [0.29, 0.717) is 6.04 Å². The van der Waals surface area contributed by atoms with E-state index in [-0.39, 0.29) is 0 Å². The van der Waals surface area contributed by atoms with E-state index in [2.05, 4.69) is 30.5 Å². The largest absolute Gasteiger partial charge is 0.379 e. The van der Waals surface area contributed by atoms with Gasteiger partial charge in [0.15, 0.2) is 0 Å². The van der Waals surface area contributed by atoms with Crippen molar-refractivity contribution in [3.63, 3.8) is 0 Å². The molecule has 1 saturated carbocycles. The Labute approximate surface area is 91.9 Å². The number of nitrogens with zero attached hydrogens (tertiary/aromatic N) is 2. The number of anilines is 1. The Kier molecular flexibility index (Phi) is 3.29. The standard InChI is InChI=1S/C12H21N3/c1-3-5-12(10-6-7-10)14-11-8-13-15(4-2)9-11/h8-10,12,14H,3-7H2,1-2H3. The number of rotatable bonds is 6. The van der Waals surface area contributed by atoms with Crippen LogP contribution >= 0.6 is 0 Å². The van der Waals surface area contributed by atoms with Crippen molar-refractivity contribution in [3.8, 4) is 0 Å². The predicted molar refractivity (Wildman–Crippen MR) is 62.9 cm³/mol. The molecule has 0 aliphatic heterocycles. The number of aromatic nitrogens is 2. The second-order valence-electron chi connectivity index (χ2n) is 4.46. The highest BCUT2D eigenvalue weighted by Crippen LogP contribution is 2.36. The van der Waals surface area contributed by atoms with Gasteiger partial charge in [-0.3, -0.25) is 4.68 Å². The van der Waals surface area contributed by atoms with E-state index in [4.69, 9.17) is 0 Å². The van der Waals surface area contributed by atoms with Gasteiger partial charge in [-0.25, -0.2) is 0 Å². The lowest BCUT2D eigenvalue weighted by Gasteiger charge is -2.17. The van der Waals surface area contributed by atoms with Crippen LogP contribution in [-0.2, 0) is 6.54 Å². The van der Waals surface area contributed by atoms with E-state index in [0.717, 1.165) is 12.5 Å². The molecule has 0 radical (unpaired) electrons. The summed E-state index contributed by atoms with van der Waals surface area (Å²) in [5.41, 5.74) is 1.18. The van der Waals surface area contributed by atoms with E-state index in [1.54, 1.807) is 0 Å². The lowest BCUT2D eigenvalue weighted by Crippen LogP contribution is -2.21. The van der Waals surface area contributed by atoms with Crippen LogP contribution in [0.3, 0.4) is 0 Å². The molecule has 1 fully saturated rings. The third-order valence-corrected chi connectivity index (χ3v) is 3.10. The number of hydrogen-bond acceptors (Lipinski definition) is 2. The molecule has 1 atom stereocenters. The minimum Gasteiger partial charge on any atom is -0.379 e. The van der Waals surface area contributed by atoms with E-state index in [1.807, 2.05) is 10.9 Å². The second-order valence-corrected chi connectivity index (χ2v) is 4.46. The summed E-state index contributed by atoms with van der Waals surface area (Å²) in [5.74, 6) is 0.912. The summed E-state index contributed by atoms with van der Waals surface area (Å²) >= 11 is 0. The van der Waals surface area contributed by atoms with Crippen LogP contribution in [0.4, 0.5) is 5.69 Å². The van der Waals surface area contributed by atoms with Crippen LogP contribution < -0.4 is 5.32 Å². The van der Waals surface area contributed by atoms with Gasteiger partial charge in [0.2, 0.25) is 0 Å². The van der Waals surface area contributed by atoms with Crippen LogP contribution in [0.15, 0.2) is 12.4 Å². The Bertz CT molecular complexity index is 302.